The molecule has 1 rings (SSSR count). The fraction of sp³-hybridized carbons (Fsp3) is 0.267. The highest BCUT2D eigenvalue weighted by Gasteiger charge is 2.17. The standard InChI is InChI=1S/C14H15F2NO2S.CH3F/c1-2-19-14(18)11(7-17)12(8-20)9-3-5-10(6-4-9)13(15)16;1-2/h3-8,13,20H,2,17H2,1H3;1H3/b11-7-,12-8-;. The predicted molar refractivity (Wildman–Crippen MR) is 84.3 cm³/mol. The van der Waals surface area contributed by atoms with Crippen molar-refractivity contribution in [1.82, 2.24) is 0 Å². The van der Waals surface area contributed by atoms with E-state index in [0.29, 0.717) is 18.3 Å². The van der Waals surface area contributed by atoms with Crippen LogP contribution in [0.2, 0.25) is 0 Å². The van der Waals surface area contributed by atoms with Crippen LogP contribution in [0.3, 0.4) is 0 Å². The van der Waals surface area contributed by atoms with Crippen molar-refractivity contribution in [3.63, 3.8) is 0 Å². The molecule has 0 fully saturated rings. The molecule has 0 saturated carbocycles. The summed E-state index contributed by atoms with van der Waals surface area (Å²) in [6.45, 7) is 1.88. The second-order valence-corrected chi connectivity index (χ2v) is 4.02. The maximum atomic E-state index is 12.5. The van der Waals surface area contributed by atoms with E-state index in [-0.39, 0.29) is 17.7 Å². The number of benzene rings is 1. The number of esters is 1. The van der Waals surface area contributed by atoms with E-state index < -0.39 is 12.4 Å². The number of carbonyl (C=O) groups is 1. The Labute approximate surface area is 133 Å². The van der Waals surface area contributed by atoms with Crippen molar-refractivity contribution in [1.29, 1.82) is 0 Å². The molecule has 0 bridgehead atoms. The third-order valence-corrected chi connectivity index (χ3v) is 2.81. The van der Waals surface area contributed by atoms with Crippen LogP contribution >= 0.6 is 12.6 Å². The first-order valence-electron chi connectivity index (χ1n) is 6.25. The number of ether oxygens (including phenoxy) is 1. The second-order valence-electron chi connectivity index (χ2n) is 3.77. The molecule has 0 aliphatic rings. The van der Waals surface area contributed by atoms with Gasteiger partial charge >= 0.3 is 5.97 Å². The minimum absolute atomic E-state index is 0.0957. The molecule has 0 unspecified atom stereocenters. The van der Waals surface area contributed by atoms with Crippen LogP contribution in [0.1, 0.15) is 24.5 Å². The van der Waals surface area contributed by atoms with Crippen molar-refractivity contribution in [2.75, 3.05) is 13.8 Å². The van der Waals surface area contributed by atoms with Gasteiger partial charge in [0, 0.05) is 17.3 Å². The van der Waals surface area contributed by atoms with Crippen LogP contribution in [0.15, 0.2) is 41.4 Å². The first-order chi connectivity index (χ1) is 10.5. The van der Waals surface area contributed by atoms with Crippen LogP contribution in [0.4, 0.5) is 13.2 Å². The summed E-state index contributed by atoms with van der Waals surface area (Å²) in [5.41, 5.74) is 6.44. The lowest BCUT2D eigenvalue weighted by Gasteiger charge is -2.11. The Hall–Kier alpha value is -1.89. The number of thiol groups is 1. The first kappa shape index (κ1) is 20.1. The number of hydrogen-bond donors (Lipinski definition) is 2. The molecule has 0 amide bonds. The van der Waals surface area contributed by atoms with Gasteiger partial charge in [0.1, 0.15) is 0 Å². The molecule has 0 saturated heterocycles. The van der Waals surface area contributed by atoms with E-state index in [9.17, 15) is 18.0 Å². The lowest BCUT2D eigenvalue weighted by molar-refractivity contribution is -0.137. The molecule has 1 aromatic rings. The third-order valence-electron chi connectivity index (χ3n) is 2.55. The summed E-state index contributed by atoms with van der Waals surface area (Å²) in [4.78, 5) is 11.8. The van der Waals surface area contributed by atoms with E-state index in [1.807, 2.05) is 0 Å². The zero-order valence-electron chi connectivity index (χ0n) is 12.2. The Bertz CT molecular complexity index is 528. The van der Waals surface area contributed by atoms with E-state index in [0.717, 1.165) is 6.20 Å². The molecule has 22 heavy (non-hydrogen) atoms. The molecule has 0 atom stereocenters. The van der Waals surface area contributed by atoms with Crippen molar-refractivity contribution in [2.24, 2.45) is 5.73 Å². The summed E-state index contributed by atoms with van der Waals surface area (Å²) in [6.07, 6.45) is -1.43. The Kier molecular flexibility index (Phi) is 9.86. The lowest BCUT2D eigenvalue weighted by Crippen LogP contribution is -2.11. The Balaban J connectivity index is 0.00000211. The van der Waals surface area contributed by atoms with Crippen LogP contribution in [0, 0.1) is 0 Å². The zero-order valence-corrected chi connectivity index (χ0v) is 13.1. The summed E-state index contributed by atoms with van der Waals surface area (Å²) in [6, 6.07) is 5.53. The van der Waals surface area contributed by atoms with Crippen LogP contribution in [0.5, 0.6) is 0 Å². The molecule has 7 heteroatoms. The summed E-state index contributed by atoms with van der Waals surface area (Å²) >= 11 is 4.04. The van der Waals surface area contributed by atoms with E-state index in [2.05, 4.69) is 12.6 Å². The van der Waals surface area contributed by atoms with Crippen LogP contribution in [-0.4, -0.2) is 19.8 Å². The molecule has 0 aromatic heterocycles. The average molecular weight is 333 g/mol. The molecule has 122 valence electrons. The molecule has 1 aromatic carbocycles. The van der Waals surface area contributed by atoms with Crippen LogP contribution in [0.25, 0.3) is 5.57 Å². The monoisotopic (exact) mass is 333 g/mol. The van der Waals surface area contributed by atoms with Crippen molar-refractivity contribution < 1.29 is 22.7 Å². The maximum absolute atomic E-state index is 12.5. The number of halogens is 3. The van der Waals surface area contributed by atoms with Crippen molar-refractivity contribution >= 4 is 24.2 Å². The van der Waals surface area contributed by atoms with E-state index in [1.54, 1.807) is 6.92 Å². The van der Waals surface area contributed by atoms with Crippen molar-refractivity contribution in [3.05, 3.63) is 52.6 Å². The van der Waals surface area contributed by atoms with Gasteiger partial charge in [-0.1, -0.05) is 24.3 Å². The Morgan fingerprint density at radius 1 is 1.32 bits per heavy atom. The molecular weight excluding hydrogens is 315 g/mol. The lowest BCUT2D eigenvalue weighted by atomic mass is 9.99. The molecule has 2 N–H and O–H groups in total. The maximum Gasteiger partial charge on any atom is 0.340 e. The number of hydrogen-bond acceptors (Lipinski definition) is 4. The van der Waals surface area contributed by atoms with E-state index in [1.165, 1.54) is 29.7 Å². The van der Waals surface area contributed by atoms with Gasteiger partial charge in [-0.05, 0) is 17.9 Å². The Morgan fingerprint density at radius 3 is 2.23 bits per heavy atom. The third kappa shape index (κ3) is 5.48. The minimum Gasteiger partial charge on any atom is -0.462 e. The first-order valence-corrected chi connectivity index (χ1v) is 6.76. The van der Waals surface area contributed by atoms with Gasteiger partial charge in [-0.25, -0.2) is 13.6 Å². The van der Waals surface area contributed by atoms with E-state index >= 15 is 0 Å². The highest BCUT2D eigenvalue weighted by Crippen LogP contribution is 2.27. The van der Waals surface area contributed by atoms with Gasteiger partial charge < -0.3 is 10.5 Å². The predicted octanol–water partition coefficient (Wildman–Crippen LogP) is 3.89. The average Bonchev–Trinajstić information content (AvgIpc) is 2.54. The number of rotatable bonds is 5. The van der Waals surface area contributed by atoms with Crippen LogP contribution in [-0.2, 0) is 9.53 Å². The van der Waals surface area contributed by atoms with Crippen molar-refractivity contribution in [3.8, 4) is 0 Å². The number of alkyl halides is 3. The van der Waals surface area contributed by atoms with Crippen molar-refractivity contribution in [2.45, 2.75) is 13.3 Å². The number of nitrogens with two attached hydrogens (primary N) is 1. The summed E-state index contributed by atoms with van der Waals surface area (Å²) in [7, 11) is 0.500. The zero-order chi connectivity index (χ0) is 17.1. The molecular formula is C15H18F3NO2S. The largest absolute Gasteiger partial charge is 0.462 e. The molecule has 0 aliphatic carbocycles. The van der Waals surface area contributed by atoms with E-state index in [4.69, 9.17) is 10.5 Å². The highest BCUT2D eigenvalue weighted by molar-refractivity contribution is 7.83. The summed E-state index contributed by atoms with van der Waals surface area (Å²) in [5.74, 6) is -0.590. The van der Waals surface area contributed by atoms with Gasteiger partial charge in [0.15, 0.2) is 0 Å². The smallest absolute Gasteiger partial charge is 0.340 e. The van der Waals surface area contributed by atoms with Gasteiger partial charge in [-0.2, -0.15) is 12.6 Å². The number of carbonyl (C=O) groups excluding carboxylic acids is 1. The fourth-order valence-corrected chi connectivity index (χ4v) is 1.87. The summed E-state index contributed by atoms with van der Waals surface area (Å²) < 4.78 is 39.4. The minimum atomic E-state index is -2.54. The van der Waals surface area contributed by atoms with Gasteiger partial charge in [-0.15, -0.1) is 0 Å². The quantitative estimate of drug-likeness (QED) is 0.372. The molecule has 0 aliphatic heterocycles. The second kappa shape index (κ2) is 10.8. The molecule has 3 nitrogen and oxygen atoms in total. The van der Waals surface area contributed by atoms with Gasteiger partial charge in [0.05, 0.1) is 19.4 Å². The SMILES string of the molecule is CCOC(=O)C(=C\N)/C(=C\S)c1ccc(C(F)F)cc1.CF. The summed E-state index contributed by atoms with van der Waals surface area (Å²) in [5, 5.41) is 1.38. The normalized spacial score (nSPS) is 11.8. The topological polar surface area (TPSA) is 52.3 Å². The van der Waals surface area contributed by atoms with Gasteiger partial charge in [0.25, 0.3) is 6.43 Å². The Morgan fingerprint density at radius 2 is 1.86 bits per heavy atom. The molecule has 0 spiro atoms. The van der Waals surface area contributed by atoms with Crippen LogP contribution < -0.4 is 5.73 Å². The highest BCUT2D eigenvalue weighted by atomic mass is 32.1. The molecule has 0 radical (unpaired) electrons. The van der Waals surface area contributed by atoms with Gasteiger partial charge in [-0.3, -0.25) is 4.39 Å². The van der Waals surface area contributed by atoms with Gasteiger partial charge in [0.2, 0.25) is 0 Å². The fourth-order valence-electron chi connectivity index (χ4n) is 1.58. The molecule has 0 heterocycles.